The third-order valence-corrected chi connectivity index (χ3v) is 4.29. The maximum atomic E-state index is 5.27. The molecule has 78 valence electrons. The number of rotatable bonds is 3. The Hall–Kier alpha value is -0.963. The lowest BCUT2D eigenvalue weighted by molar-refractivity contribution is 0.355. The van der Waals surface area contributed by atoms with E-state index in [4.69, 9.17) is 9.47 Å². The molecule has 0 atom stereocenters. The van der Waals surface area contributed by atoms with Gasteiger partial charge in [-0.15, -0.1) is 0 Å². The molecule has 3 heteroatoms. The largest absolute Gasteiger partial charge is 0.493 e. The molecule has 2 nitrogen and oxygen atoms in total. The van der Waals surface area contributed by atoms with Crippen LogP contribution in [0.25, 0.3) is 0 Å². The van der Waals surface area contributed by atoms with Crippen molar-refractivity contribution >= 4 is 13.3 Å². The molecule has 0 aliphatic rings. The Labute approximate surface area is 86.9 Å². The molecule has 0 N–H and O–H groups in total. The quantitative estimate of drug-likeness (QED) is 0.712. The first-order valence-corrected chi connectivity index (χ1v) is 8.21. The van der Waals surface area contributed by atoms with Gasteiger partial charge in [0.05, 0.1) is 22.3 Å². The molecule has 0 aromatic heterocycles. The fourth-order valence-electron chi connectivity index (χ4n) is 1.30. The lowest BCUT2D eigenvalue weighted by Gasteiger charge is -2.18. The second-order valence-electron chi connectivity index (χ2n) is 4.32. The molecule has 0 spiro atoms. The molecule has 1 rings (SSSR count). The van der Waals surface area contributed by atoms with Gasteiger partial charge in [0.25, 0.3) is 0 Å². The minimum Gasteiger partial charge on any atom is -0.493 e. The molecule has 0 aliphatic heterocycles. The van der Waals surface area contributed by atoms with Gasteiger partial charge in [-0.3, -0.25) is 0 Å². The lowest BCUT2D eigenvalue weighted by Crippen LogP contribution is -2.37. The van der Waals surface area contributed by atoms with E-state index in [1.165, 1.54) is 5.19 Å². The van der Waals surface area contributed by atoms with Crippen molar-refractivity contribution in [2.24, 2.45) is 0 Å². The van der Waals surface area contributed by atoms with Gasteiger partial charge in [-0.25, -0.2) is 0 Å². The van der Waals surface area contributed by atoms with Gasteiger partial charge in [0.15, 0.2) is 11.5 Å². The average Bonchev–Trinajstić information content (AvgIpc) is 2.15. The molecule has 14 heavy (non-hydrogen) atoms. The molecule has 0 bridgehead atoms. The summed E-state index contributed by atoms with van der Waals surface area (Å²) in [5.74, 6) is 1.63. The highest BCUT2D eigenvalue weighted by atomic mass is 28.3. The second-order valence-corrected chi connectivity index (χ2v) is 9.40. The Balaban J connectivity index is 3.14. The van der Waals surface area contributed by atoms with Gasteiger partial charge < -0.3 is 9.47 Å². The van der Waals surface area contributed by atoms with Gasteiger partial charge >= 0.3 is 0 Å². The van der Waals surface area contributed by atoms with Gasteiger partial charge in [-0.1, -0.05) is 30.9 Å². The van der Waals surface area contributed by atoms with Crippen LogP contribution in [0.5, 0.6) is 11.5 Å². The van der Waals surface area contributed by atoms with Crippen molar-refractivity contribution in [2.45, 2.75) is 19.6 Å². The van der Waals surface area contributed by atoms with Crippen LogP contribution in [0.1, 0.15) is 0 Å². The van der Waals surface area contributed by atoms with Crippen LogP contribution < -0.4 is 14.7 Å². The average molecular weight is 210 g/mol. The first-order chi connectivity index (χ1) is 6.49. The van der Waals surface area contributed by atoms with Gasteiger partial charge in [-0.2, -0.15) is 0 Å². The van der Waals surface area contributed by atoms with E-state index in [2.05, 4.69) is 31.8 Å². The molecular formula is C11H18O2Si. The summed E-state index contributed by atoms with van der Waals surface area (Å²) >= 11 is 0. The summed E-state index contributed by atoms with van der Waals surface area (Å²) in [5, 5.41) is 1.38. The maximum Gasteiger partial charge on any atom is 0.160 e. The number of hydrogen-bond acceptors (Lipinski definition) is 2. The molecule has 0 radical (unpaired) electrons. The van der Waals surface area contributed by atoms with Crippen molar-refractivity contribution in [3.8, 4) is 11.5 Å². The zero-order valence-corrected chi connectivity index (χ0v) is 10.5. The summed E-state index contributed by atoms with van der Waals surface area (Å²) in [5.41, 5.74) is 0. The summed E-state index contributed by atoms with van der Waals surface area (Å²) in [7, 11) is 2.08. The van der Waals surface area contributed by atoms with E-state index >= 15 is 0 Å². The molecule has 0 fully saturated rings. The fraction of sp³-hybridized carbons (Fsp3) is 0.455. The highest BCUT2D eigenvalue weighted by Crippen LogP contribution is 2.25. The lowest BCUT2D eigenvalue weighted by atomic mass is 10.3. The standard InChI is InChI=1S/C11H18O2Si/c1-12-10-7-6-9(14(3,4)5)8-11(10)13-2/h6-8H,1-5H3. The minimum atomic E-state index is -1.25. The van der Waals surface area contributed by atoms with Gasteiger partial charge in [0, 0.05) is 0 Å². The molecule has 0 saturated carbocycles. The summed E-state index contributed by atoms with van der Waals surface area (Å²) in [4.78, 5) is 0. The molecule has 0 unspecified atom stereocenters. The molecule has 0 amide bonds. The predicted molar refractivity (Wildman–Crippen MR) is 62.5 cm³/mol. The smallest absolute Gasteiger partial charge is 0.160 e. The Bertz CT molecular complexity index is 316. The fourth-order valence-corrected chi connectivity index (χ4v) is 2.45. The summed E-state index contributed by atoms with van der Waals surface area (Å²) in [6.45, 7) is 6.94. The third-order valence-electron chi connectivity index (χ3n) is 2.25. The molecule has 1 aromatic rings. The Morgan fingerprint density at radius 1 is 0.929 bits per heavy atom. The van der Waals surface area contributed by atoms with Gasteiger partial charge in [-0.05, 0) is 12.1 Å². The van der Waals surface area contributed by atoms with Gasteiger partial charge in [0.1, 0.15) is 0 Å². The Kier molecular flexibility index (Phi) is 3.21. The van der Waals surface area contributed by atoms with Crippen molar-refractivity contribution in [3.05, 3.63) is 18.2 Å². The SMILES string of the molecule is COc1ccc([Si](C)(C)C)cc1OC. The molecule has 0 aliphatic carbocycles. The van der Waals surface area contributed by atoms with Crippen LogP contribution in [0, 0.1) is 0 Å². The van der Waals surface area contributed by atoms with Crippen LogP contribution in [0.4, 0.5) is 0 Å². The topological polar surface area (TPSA) is 18.5 Å². The summed E-state index contributed by atoms with van der Waals surface area (Å²) in [6, 6.07) is 6.20. The zero-order chi connectivity index (χ0) is 10.8. The number of hydrogen-bond donors (Lipinski definition) is 0. The molecule has 1 aromatic carbocycles. The van der Waals surface area contributed by atoms with Crippen molar-refractivity contribution in [3.63, 3.8) is 0 Å². The van der Waals surface area contributed by atoms with Crippen LogP contribution in [-0.4, -0.2) is 22.3 Å². The normalized spacial score (nSPS) is 11.2. The Morgan fingerprint density at radius 2 is 1.50 bits per heavy atom. The van der Waals surface area contributed by atoms with Crippen LogP contribution in [0.15, 0.2) is 18.2 Å². The predicted octanol–water partition coefficient (Wildman–Crippen LogP) is 2.25. The van der Waals surface area contributed by atoms with E-state index in [1.54, 1.807) is 14.2 Å². The van der Waals surface area contributed by atoms with Crippen molar-refractivity contribution in [1.29, 1.82) is 0 Å². The highest BCUT2D eigenvalue weighted by Gasteiger charge is 2.18. The summed E-state index contributed by atoms with van der Waals surface area (Å²) < 4.78 is 10.5. The number of methoxy groups -OCH3 is 2. The number of ether oxygens (including phenoxy) is 2. The second kappa shape index (κ2) is 4.05. The molecular weight excluding hydrogens is 192 g/mol. The third kappa shape index (κ3) is 2.29. The summed E-state index contributed by atoms with van der Waals surface area (Å²) in [6.07, 6.45) is 0. The maximum absolute atomic E-state index is 5.27. The van der Waals surface area contributed by atoms with Gasteiger partial charge in [0.2, 0.25) is 0 Å². The first kappa shape index (κ1) is 11.1. The monoisotopic (exact) mass is 210 g/mol. The molecule has 0 saturated heterocycles. The van der Waals surface area contributed by atoms with Crippen LogP contribution in [0.3, 0.4) is 0 Å². The Morgan fingerprint density at radius 3 is 1.93 bits per heavy atom. The van der Waals surface area contributed by atoms with Crippen molar-refractivity contribution < 1.29 is 9.47 Å². The van der Waals surface area contributed by atoms with Crippen LogP contribution in [-0.2, 0) is 0 Å². The highest BCUT2D eigenvalue weighted by molar-refractivity contribution is 6.88. The van der Waals surface area contributed by atoms with Crippen LogP contribution in [0.2, 0.25) is 19.6 Å². The first-order valence-electron chi connectivity index (χ1n) is 4.71. The molecule has 0 heterocycles. The number of benzene rings is 1. The van der Waals surface area contributed by atoms with Crippen molar-refractivity contribution in [1.82, 2.24) is 0 Å². The van der Waals surface area contributed by atoms with E-state index in [-0.39, 0.29) is 0 Å². The zero-order valence-electron chi connectivity index (χ0n) is 9.55. The van der Waals surface area contributed by atoms with E-state index in [0.29, 0.717) is 0 Å². The van der Waals surface area contributed by atoms with E-state index < -0.39 is 8.07 Å². The van der Waals surface area contributed by atoms with E-state index in [9.17, 15) is 0 Å². The van der Waals surface area contributed by atoms with E-state index in [0.717, 1.165) is 11.5 Å². The van der Waals surface area contributed by atoms with E-state index in [1.807, 2.05) is 6.07 Å². The van der Waals surface area contributed by atoms with Crippen molar-refractivity contribution in [2.75, 3.05) is 14.2 Å². The van der Waals surface area contributed by atoms with Crippen LogP contribution >= 0.6 is 0 Å². The minimum absolute atomic E-state index is 0.800.